The SMILES string of the molecule is CCOc1ccc(-n2c(SCc3ccc(Cl)cc3)nc3sc4c(c3c2=O)CCC(C)C4)cc1. The zero-order valence-corrected chi connectivity index (χ0v) is 21.0. The second-order valence-electron chi connectivity index (χ2n) is 8.41. The zero-order valence-electron chi connectivity index (χ0n) is 18.6. The molecular weight excluding hydrogens is 472 g/mol. The summed E-state index contributed by atoms with van der Waals surface area (Å²) in [5.74, 6) is 2.15. The number of nitrogens with zero attached hydrogens (tertiary/aromatic N) is 2. The van der Waals surface area contributed by atoms with E-state index >= 15 is 0 Å². The quantitative estimate of drug-likeness (QED) is 0.215. The van der Waals surface area contributed by atoms with Crippen molar-refractivity contribution in [2.45, 2.75) is 44.0 Å². The molecule has 4 aromatic rings. The highest BCUT2D eigenvalue weighted by molar-refractivity contribution is 7.98. The minimum atomic E-state index is 0.0230. The Morgan fingerprint density at radius 1 is 1.18 bits per heavy atom. The van der Waals surface area contributed by atoms with Crippen molar-refractivity contribution < 1.29 is 4.74 Å². The molecule has 1 aliphatic rings. The third-order valence-corrected chi connectivity index (χ3v) is 8.40. The lowest BCUT2D eigenvalue weighted by molar-refractivity contribution is 0.340. The standard InChI is InChI=1S/C26H25ClN2O2S2/c1-3-31-20-11-9-19(10-12-20)29-25(30)23-21-13-4-16(2)14-22(21)33-24(23)28-26(29)32-15-17-5-7-18(27)8-6-17/h5-12,16H,3-4,13-15H2,1-2H3. The molecule has 0 saturated carbocycles. The number of rotatable bonds is 6. The van der Waals surface area contributed by atoms with E-state index in [9.17, 15) is 4.79 Å². The van der Waals surface area contributed by atoms with E-state index in [0.717, 1.165) is 46.5 Å². The van der Waals surface area contributed by atoms with Crippen LogP contribution >= 0.6 is 34.7 Å². The largest absolute Gasteiger partial charge is 0.494 e. The molecule has 7 heteroatoms. The molecule has 33 heavy (non-hydrogen) atoms. The van der Waals surface area contributed by atoms with Crippen molar-refractivity contribution in [3.8, 4) is 11.4 Å². The van der Waals surface area contributed by atoms with E-state index in [2.05, 4.69) is 6.92 Å². The second kappa shape index (κ2) is 9.53. The number of fused-ring (bicyclic) bond motifs is 3. The Labute approximate surface area is 206 Å². The van der Waals surface area contributed by atoms with Crippen molar-refractivity contribution in [2.24, 2.45) is 5.92 Å². The van der Waals surface area contributed by atoms with E-state index in [1.165, 1.54) is 10.4 Å². The van der Waals surface area contributed by atoms with Crippen LogP contribution in [-0.4, -0.2) is 16.2 Å². The van der Waals surface area contributed by atoms with Crippen LogP contribution in [0.2, 0.25) is 5.02 Å². The summed E-state index contributed by atoms with van der Waals surface area (Å²) in [4.78, 5) is 21.1. The number of benzene rings is 2. The summed E-state index contributed by atoms with van der Waals surface area (Å²) >= 11 is 9.31. The molecule has 0 fully saturated rings. The number of thioether (sulfide) groups is 1. The number of hydrogen-bond donors (Lipinski definition) is 0. The number of thiophene rings is 1. The normalized spacial score (nSPS) is 15.5. The zero-order chi connectivity index (χ0) is 22.9. The average molecular weight is 497 g/mol. The maximum absolute atomic E-state index is 13.9. The van der Waals surface area contributed by atoms with Gasteiger partial charge >= 0.3 is 0 Å². The van der Waals surface area contributed by atoms with Crippen molar-refractivity contribution in [1.82, 2.24) is 9.55 Å². The van der Waals surface area contributed by atoms with Crippen LogP contribution in [0.3, 0.4) is 0 Å². The minimum Gasteiger partial charge on any atom is -0.494 e. The van der Waals surface area contributed by atoms with Crippen LogP contribution in [0.1, 0.15) is 36.3 Å². The highest BCUT2D eigenvalue weighted by Crippen LogP contribution is 2.37. The number of halogens is 1. The fourth-order valence-corrected chi connectivity index (χ4v) is 6.80. The third kappa shape index (κ3) is 4.57. The molecule has 1 atom stereocenters. The molecule has 2 aromatic heterocycles. The molecule has 0 bridgehead atoms. The Morgan fingerprint density at radius 2 is 1.94 bits per heavy atom. The van der Waals surface area contributed by atoms with E-state index in [0.29, 0.717) is 28.5 Å². The first kappa shape index (κ1) is 22.5. The van der Waals surface area contributed by atoms with Crippen LogP contribution in [0, 0.1) is 5.92 Å². The van der Waals surface area contributed by atoms with Gasteiger partial charge in [0.15, 0.2) is 5.16 Å². The number of hydrogen-bond acceptors (Lipinski definition) is 5. The molecule has 0 amide bonds. The Morgan fingerprint density at radius 3 is 2.67 bits per heavy atom. The molecular formula is C26H25ClN2O2S2. The van der Waals surface area contributed by atoms with E-state index in [1.54, 1.807) is 27.7 Å². The molecule has 1 unspecified atom stereocenters. The number of aryl methyl sites for hydroxylation is 1. The summed E-state index contributed by atoms with van der Waals surface area (Å²) < 4.78 is 7.36. The number of aromatic nitrogens is 2. The molecule has 5 rings (SSSR count). The maximum Gasteiger partial charge on any atom is 0.267 e. The maximum atomic E-state index is 13.9. The third-order valence-electron chi connectivity index (χ3n) is 5.99. The Kier molecular flexibility index (Phi) is 6.50. The van der Waals surface area contributed by atoms with E-state index in [1.807, 2.05) is 55.5 Å². The fraction of sp³-hybridized carbons (Fsp3) is 0.308. The van der Waals surface area contributed by atoms with Crippen LogP contribution < -0.4 is 10.3 Å². The lowest BCUT2D eigenvalue weighted by atomic mass is 9.89. The Bertz CT molecular complexity index is 1340. The number of ether oxygens (including phenoxy) is 1. The van der Waals surface area contributed by atoms with Gasteiger partial charge in [-0.1, -0.05) is 42.4 Å². The molecule has 0 aliphatic heterocycles. The van der Waals surface area contributed by atoms with Crippen LogP contribution in [0.25, 0.3) is 15.9 Å². The summed E-state index contributed by atoms with van der Waals surface area (Å²) in [6.07, 6.45) is 3.11. The van der Waals surface area contributed by atoms with Gasteiger partial charge in [0, 0.05) is 15.7 Å². The van der Waals surface area contributed by atoms with Gasteiger partial charge in [0.1, 0.15) is 10.6 Å². The van der Waals surface area contributed by atoms with Crippen LogP contribution in [0.5, 0.6) is 5.75 Å². The van der Waals surface area contributed by atoms with Gasteiger partial charge in [0.05, 0.1) is 17.7 Å². The van der Waals surface area contributed by atoms with Gasteiger partial charge in [-0.05, 0) is 79.6 Å². The van der Waals surface area contributed by atoms with Crippen molar-refractivity contribution in [3.63, 3.8) is 0 Å². The van der Waals surface area contributed by atoms with Crippen molar-refractivity contribution in [1.29, 1.82) is 0 Å². The first-order chi connectivity index (χ1) is 16.0. The smallest absolute Gasteiger partial charge is 0.267 e. The highest BCUT2D eigenvalue weighted by atomic mass is 35.5. The monoisotopic (exact) mass is 496 g/mol. The molecule has 170 valence electrons. The van der Waals surface area contributed by atoms with Crippen LogP contribution in [-0.2, 0) is 18.6 Å². The summed E-state index contributed by atoms with van der Waals surface area (Å²) in [5, 5.41) is 2.22. The second-order valence-corrected chi connectivity index (χ2v) is 10.9. The Hall–Kier alpha value is -2.28. The summed E-state index contributed by atoms with van der Waals surface area (Å²) in [6, 6.07) is 15.5. The molecule has 2 heterocycles. The predicted octanol–water partition coefficient (Wildman–Crippen LogP) is 6.92. The molecule has 0 spiro atoms. The van der Waals surface area contributed by atoms with Crippen molar-refractivity contribution >= 4 is 44.9 Å². The van der Waals surface area contributed by atoms with Gasteiger partial charge < -0.3 is 4.74 Å². The van der Waals surface area contributed by atoms with Crippen LogP contribution in [0.15, 0.2) is 58.5 Å². The van der Waals surface area contributed by atoms with Crippen LogP contribution in [0.4, 0.5) is 0 Å². The van der Waals surface area contributed by atoms with E-state index < -0.39 is 0 Å². The molecule has 1 aliphatic carbocycles. The molecule has 4 nitrogen and oxygen atoms in total. The summed E-state index contributed by atoms with van der Waals surface area (Å²) in [6.45, 7) is 4.85. The topological polar surface area (TPSA) is 44.1 Å². The van der Waals surface area contributed by atoms with Gasteiger partial charge in [-0.2, -0.15) is 0 Å². The lowest BCUT2D eigenvalue weighted by Gasteiger charge is -2.18. The highest BCUT2D eigenvalue weighted by Gasteiger charge is 2.25. The minimum absolute atomic E-state index is 0.0230. The molecule has 0 saturated heterocycles. The first-order valence-corrected chi connectivity index (χ1v) is 13.4. The average Bonchev–Trinajstić information content (AvgIpc) is 3.17. The van der Waals surface area contributed by atoms with Gasteiger partial charge in [0.2, 0.25) is 0 Å². The van der Waals surface area contributed by atoms with E-state index in [-0.39, 0.29) is 5.56 Å². The lowest BCUT2D eigenvalue weighted by Crippen LogP contribution is -2.22. The van der Waals surface area contributed by atoms with Gasteiger partial charge in [-0.15, -0.1) is 11.3 Å². The van der Waals surface area contributed by atoms with Crippen molar-refractivity contribution in [2.75, 3.05) is 6.61 Å². The molecule has 0 radical (unpaired) electrons. The summed E-state index contributed by atoms with van der Waals surface area (Å²) in [7, 11) is 0. The van der Waals surface area contributed by atoms with E-state index in [4.69, 9.17) is 21.3 Å². The van der Waals surface area contributed by atoms with Crippen molar-refractivity contribution in [3.05, 3.63) is 79.9 Å². The molecule has 2 aromatic carbocycles. The van der Waals surface area contributed by atoms with Gasteiger partial charge in [-0.25, -0.2) is 4.98 Å². The summed E-state index contributed by atoms with van der Waals surface area (Å²) in [5.41, 5.74) is 3.17. The molecule has 0 N–H and O–H groups in total. The Balaban J connectivity index is 1.62. The predicted molar refractivity (Wildman–Crippen MR) is 139 cm³/mol. The fourth-order valence-electron chi connectivity index (χ4n) is 4.28. The van der Waals surface area contributed by atoms with Gasteiger partial charge in [-0.3, -0.25) is 9.36 Å². The van der Waals surface area contributed by atoms with Gasteiger partial charge in [0.25, 0.3) is 5.56 Å². The first-order valence-electron chi connectivity index (χ1n) is 11.2.